The van der Waals surface area contributed by atoms with Crippen molar-refractivity contribution < 1.29 is 17.8 Å². The van der Waals surface area contributed by atoms with E-state index in [0.29, 0.717) is 29.5 Å². The van der Waals surface area contributed by atoms with Gasteiger partial charge >= 0.3 is 0 Å². The maximum atomic E-state index is 13.7. The molecule has 6 heterocycles. The van der Waals surface area contributed by atoms with Crippen LogP contribution in [0.3, 0.4) is 0 Å². The van der Waals surface area contributed by atoms with E-state index in [1.807, 2.05) is 94.5 Å². The third kappa shape index (κ3) is 5.09. The molecule has 0 radical (unpaired) electrons. The smallest absolute Gasteiger partial charge is 0.210 e. The van der Waals surface area contributed by atoms with Gasteiger partial charge in [0.05, 0.1) is 10.9 Å². The number of aromatic amines is 1. The molecule has 8 rings (SSSR count). The molecule has 2 aromatic carbocycles. The molecule has 0 saturated heterocycles. The van der Waals surface area contributed by atoms with E-state index in [-0.39, 0.29) is 0 Å². The maximum Gasteiger partial charge on any atom is 0.210 e. The number of nitrogens with one attached hydrogen (secondary N) is 3. The lowest BCUT2D eigenvalue weighted by atomic mass is 10.2. The molecule has 3 N–H and O–H groups in total. The van der Waals surface area contributed by atoms with Crippen molar-refractivity contribution in [2.24, 2.45) is 0 Å². The first-order valence-electron chi connectivity index (χ1n) is 14.9. The van der Waals surface area contributed by atoms with Gasteiger partial charge in [-0.2, -0.15) is 0 Å². The molecule has 0 aliphatic carbocycles. The van der Waals surface area contributed by atoms with Crippen molar-refractivity contribution in [3.05, 3.63) is 115 Å². The molecule has 6 aromatic heterocycles. The number of anilines is 5. The van der Waals surface area contributed by atoms with E-state index in [4.69, 9.17) is 4.98 Å². The Morgan fingerprint density at radius 3 is 2.47 bits per heavy atom. The van der Waals surface area contributed by atoms with Crippen LogP contribution in [-0.2, 0) is 0 Å². The van der Waals surface area contributed by atoms with Crippen molar-refractivity contribution >= 4 is 72.6 Å². The van der Waals surface area contributed by atoms with Crippen LogP contribution in [0.5, 0.6) is 0 Å². The molecular formula is C35H27F3N9+. The van der Waals surface area contributed by atoms with Crippen molar-refractivity contribution in [3.8, 4) is 0 Å². The molecule has 9 nitrogen and oxygen atoms in total. The molecule has 0 aliphatic rings. The van der Waals surface area contributed by atoms with Gasteiger partial charge in [-0.05, 0) is 60.7 Å². The van der Waals surface area contributed by atoms with E-state index in [1.54, 1.807) is 12.3 Å². The first-order valence-corrected chi connectivity index (χ1v) is 14.9. The van der Waals surface area contributed by atoms with Crippen molar-refractivity contribution in [3.63, 3.8) is 0 Å². The number of pyridine rings is 4. The highest BCUT2D eigenvalue weighted by molar-refractivity contribution is 6.07. The number of benzene rings is 2. The summed E-state index contributed by atoms with van der Waals surface area (Å²) in [6.45, 7) is -0.118. The molecule has 47 heavy (non-hydrogen) atoms. The maximum absolute atomic E-state index is 13.7. The minimum Gasteiger partial charge on any atom is -0.372 e. The van der Waals surface area contributed by atoms with E-state index >= 15 is 0 Å². The van der Waals surface area contributed by atoms with Crippen molar-refractivity contribution in [1.82, 2.24) is 24.6 Å². The summed E-state index contributed by atoms with van der Waals surface area (Å²) in [5.74, 6) is -0.702. The molecule has 0 atom stereocenters. The average molecular weight is 631 g/mol. The van der Waals surface area contributed by atoms with Gasteiger partial charge in [-0.3, -0.25) is 4.98 Å². The molecule has 0 unspecified atom stereocenters. The topological polar surface area (TPSA) is 90.6 Å². The zero-order valence-corrected chi connectivity index (χ0v) is 25.0. The quantitative estimate of drug-likeness (QED) is 0.152. The fraction of sp³-hybridized carbons (Fsp3) is 0.0857. The van der Waals surface area contributed by atoms with Crippen molar-refractivity contribution in [2.75, 3.05) is 35.8 Å². The number of alkyl halides is 1. The molecule has 8 aromatic rings. The first-order chi connectivity index (χ1) is 22.9. The Bertz CT molecular complexity index is 2450. The second-order valence-corrected chi connectivity index (χ2v) is 11.2. The highest BCUT2D eigenvalue weighted by Crippen LogP contribution is 2.30. The number of hydrogen-bond acceptors (Lipinski definition) is 6. The molecule has 12 heteroatoms. The lowest BCUT2D eigenvalue weighted by molar-refractivity contribution is -0.719. The van der Waals surface area contributed by atoms with Crippen LogP contribution < -0.4 is 20.2 Å². The number of H-pyrrole nitrogens is 1. The van der Waals surface area contributed by atoms with E-state index in [9.17, 15) is 13.2 Å². The van der Waals surface area contributed by atoms with Gasteiger partial charge in [-0.1, -0.05) is 15.4 Å². The molecule has 0 aliphatic heterocycles. The van der Waals surface area contributed by atoms with Crippen LogP contribution in [0.1, 0.15) is 0 Å². The standard InChI is InChI=1S/C35H26F3N9/c1-45(16-13-36)23-4-2-3-21(17-23)40-33-10-7-25-26-19-39-14-11-31(26)47(35(25)44-33)46-15-12-30-27(20-46)24-6-9-32(43-34(24)42-30)41-22-5-8-28(37)29(38)18-22/h2-12,14-15,17-20H,13,16H2,1H3,(H2,40,41,43,44)/p+1. The van der Waals surface area contributed by atoms with Crippen LogP contribution in [0.15, 0.2) is 104 Å². The SMILES string of the molecule is CN(CCF)c1cccc(Nc2ccc3c4cnccc4n(-[n+]4ccc5[nH]c6nc(Nc7ccc(F)c(F)c7)ccc6c5c4)c3n2)c1. The van der Waals surface area contributed by atoms with Crippen LogP contribution in [0.2, 0.25) is 0 Å². The van der Waals surface area contributed by atoms with Gasteiger partial charge in [-0.15, -0.1) is 0 Å². The third-order valence-corrected chi connectivity index (χ3v) is 8.18. The minimum atomic E-state index is -0.934. The Kier molecular flexibility index (Phi) is 6.82. The Hall–Kier alpha value is -6.17. The van der Waals surface area contributed by atoms with Gasteiger partial charge in [0.2, 0.25) is 18.0 Å². The van der Waals surface area contributed by atoms with Gasteiger partial charge in [-0.25, -0.2) is 23.1 Å². The molecule has 0 amide bonds. The fourth-order valence-electron chi connectivity index (χ4n) is 5.87. The van der Waals surface area contributed by atoms with E-state index < -0.39 is 18.3 Å². The normalized spacial score (nSPS) is 11.6. The van der Waals surface area contributed by atoms with Crippen LogP contribution in [0.4, 0.5) is 41.9 Å². The highest BCUT2D eigenvalue weighted by Gasteiger charge is 2.21. The van der Waals surface area contributed by atoms with Gasteiger partial charge < -0.3 is 20.5 Å². The highest BCUT2D eigenvalue weighted by atomic mass is 19.2. The predicted octanol–water partition coefficient (Wildman–Crippen LogP) is 7.38. The Balaban J connectivity index is 1.19. The fourth-order valence-corrected chi connectivity index (χ4v) is 5.87. The van der Waals surface area contributed by atoms with E-state index in [1.165, 1.54) is 6.07 Å². The van der Waals surface area contributed by atoms with Gasteiger partial charge in [0, 0.05) is 71.3 Å². The zero-order valence-electron chi connectivity index (χ0n) is 25.0. The number of rotatable bonds is 8. The lowest BCUT2D eigenvalue weighted by Crippen LogP contribution is -2.40. The summed E-state index contributed by atoms with van der Waals surface area (Å²) in [6, 6.07) is 23.0. The van der Waals surface area contributed by atoms with Crippen LogP contribution in [0, 0.1) is 11.6 Å². The average Bonchev–Trinajstić information content (AvgIpc) is 3.61. The monoisotopic (exact) mass is 630 g/mol. The van der Waals surface area contributed by atoms with Crippen LogP contribution in [0.25, 0.3) is 43.9 Å². The van der Waals surface area contributed by atoms with Gasteiger partial charge in [0.15, 0.2) is 11.6 Å². The first kappa shape index (κ1) is 28.3. The summed E-state index contributed by atoms with van der Waals surface area (Å²) >= 11 is 0. The molecule has 0 fully saturated rings. The summed E-state index contributed by atoms with van der Waals surface area (Å²) in [5.41, 5.74) is 5.30. The van der Waals surface area contributed by atoms with Crippen molar-refractivity contribution in [1.29, 1.82) is 0 Å². The summed E-state index contributed by atoms with van der Waals surface area (Å²) in [5, 5.41) is 10.2. The molecular weight excluding hydrogens is 603 g/mol. The molecule has 0 spiro atoms. The Morgan fingerprint density at radius 1 is 0.830 bits per heavy atom. The van der Waals surface area contributed by atoms with Crippen molar-refractivity contribution in [2.45, 2.75) is 0 Å². The molecule has 232 valence electrons. The van der Waals surface area contributed by atoms with Gasteiger partial charge in [0.25, 0.3) is 0 Å². The molecule has 0 bridgehead atoms. The minimum absolute atomic E-state index is 0.311. The summed E-state index contributed by atoms with van der Waals surface area (Å²) < 4.78 is 44.1. The Labute approximate surface area is 265 Å². The number of nitrogens with zero attached hydrogens (tertiary/aromatic N) is 6. The summed E-state index contributed by atoms with van der Waals surface area (Å²) in [7, 11) is 1.86. The summed E-state index contributed by atoms with van der Waals surface area (Å²) in [6.07, 6.45) is 7.56. The van der Waals surface area contributed by atoms with Crippen LogP contribution in [-0.4, -0.2) is 44.9 Å². The number of hydrogen-bond donors (Lipinski definition) is 3. The zero-order chi connectivity index (χ0) is 32.1. The summed E-state index contributed by atoms with van der Waals surface area (Å²) in [4.78, 5) is 19.3. The predicted molar refractivity (Wildman–Crippen MR) is 178 cm³/mol. The second kappa shape index (κ2) is 11.3. The van der Waals surface area contributed by atoms with E-state index in [0.717, 1.165) is 61.7 Å². The largest absolute Gasteiger partial charge is 0.372 e. The molecule has 0 saturated carbocycles. The van der Waals surface area contributed by atoms with Gasteiger partial charge in [0.1, 0.15) is 29.5 Å². The Morgan fingerprint density at radius 2 is 1.64 bits per heavy atom. The number of aromatic nitrogens is 6. The van der Waals surface area contributed by atoms with Crippen LogP contribution >= 0.6 is 0 Å². The number of fused-ring (bicyclic) bond motifs is 6. The third-order valence-electron chi connectivity index (χ3n) is 8.18. The number of halogens is 3. The second-order valence-electron chi connectivity index (χ2n) is 11.2. The lowest BCUT2D eigenvalue weighted by Gasteiger charge is -2.18. The van der Waals surface area contributed by atoms with E-state index in [2.05, 4.69) is 25.6 Å².